The third-order valence-electron chi connectivity index (χ3n) is 3.76. The molecule has 2 aliphatic heterocycles. The van der Waals surface area contributed by atoms with E-state index in [1.165, 1.54) is 40.9 Å². The van der Waals surface area contributed by atoms with Crippen LogP contribution in [0.1, 0.15) is 0 Å². The van der Waals surface area contributed by atoms with Gasteiger partial charge in [0.2, 0.25) is 5.91 Å². The Morgan fingerprint density at radius 1 is 1.24 bits per heavy atom. The van der Waals surface area contributed by atoms with Crippen LogP contribution in [0.4, 0.5) is 17.6 Å². The van der Waals surface area contributed by atoms with Crippen LogP contribution in [-0.4, -0.2) is 62.9 Å². The number of hydrogen-bond donors (Lipinski definition) is 3. The van der Waals surface area contributed by atoms with E-state index in [1.807, 2.05) is 0 Å². The second-order valence-electron chi connectivity index (χ2n) is 5.74. The first kappa shape index (κ1) is 22.5. The fourth-order valence-corrected chi connectivity index (χ4v) is 3.67. The van der Waals surface area contributed by atoms with Crippen LogP contribution in [0.5, 0.6) is 5.75 Å². The van der Waals surface area contributed by atoms with Crippen LogP contribution in [0.3, 0.4) is 0 Å². The Kier molecular flexibility index (Phi) is 6.74. The molecule has 1 amide bonds. The fourth-order valence-electron chi connectivity index (χ4n) is 2.39. The average molecular weight is 438 g/mol. The summed E-state index contributed by atoms with van der Waals surface area (Å²) in [4.78, 5) is 33.3. The summed E-state index contributed by atoms with van der Waals surface area (Å²) in [5.74, 6) is -3.86. The van der Waals surface area contributed by atoms with Crippen LogP contribution in [0, 0.1) is 5.82 Å². The number of benzene rings is 1. The van der Waals surface area contributed by atoms with Crippen molar-refractivity contribution in [3.05, 3.63) is 41.4 Å². The zero-order valence-corrected chi connectivity index (χ0v) is 15.2. The Bertz CT molecular complexity index is 843. The molecule has 4 N–H and O–H groups in total. The topological polar surface area (TPSA) is 130 Å². The number of carbonyl (C=O) groups excluding carboxylic acids is 1. The van der Waals surface area contributed by atoms with Crippen LogP contribution in [-0.2, 0) is 14.4 Å². The molecule has 0 aliphatic carbocycles. The lowest BCUT2D eigenvalue weighted by Crippen LogP contribution is -2.68. The average Bonchev–Trinajstić information content (AvgIpc) is 2.65. The van der Waals surface area contributed by atoms with E-state index >= 15 is 0 Å². The van der Waals surface area contributed by atoms with E-state index < -0.39 is 30.1 Å². The van der Waals surface area contributed by atoms with E-state index in [-0.39, 0.29) is 23.5 Å². The molecule has 1 aromatic rings. The van der Waals surface area contributed by atoms with Gasteiger partial charge in [-0.1, -0.05) is 0 Å². The number of fused-ring (bicyclic) bond motifs is 1. The zero-order chi connectivity index (χ0) is 21.9. The molecule has 8 nitrogen and oxygen atoms in total. The van der Waals surface area contributed by atoms with Gasteiger partial charge < -0.3 is 20.7 Å². The minimum atomic E-state index is -5.08. The molecule has 0 saturated carbocycles. The first-order chi connectivity index (χ1) is 13.4. The standard InChI is InChI=1S/C14H13FN2O4S.C2HF3O2/c15-8-1-3-9(4-2-8)21-5-7-6-22-13-10(16)12(18)17(13)11(7)14(19)20;3-2(4,5)1(6)7/h1-4,10,13H,5-6,16H2,(H,19,20);(H,6,7)/t10?,13-;/m1./s1. The number of carbonyl (C=O) groups is 3. The number of nitrogens with two attached hydrogens (primary N) is 1. The van der Waals surface area contributed by atoms with Crippen LogP contribution in [0.15, 0.2) is 35.5 Å². The molecule has 158 valence electrons. The van der Waals surface area contributed by atoms with Gasteiger partial charge in [0.05, 0.1) is 0 Å². The van der Waals surface area contributed by atoms with Gasteiger partial charge >= 0.3 is 18.1 Å². The van der Waals surface area contributed by atoms with Gasteiger partial charge in [0.1, 0.15) is 35.3 Å². The number of rotatable bonds is 4. The van der Waals surface area contributed by atoms with Crippen molar-refractivity contribution < 1.29 is 46.9 Å². The molecule has 2 atom stereocenters. The van der Waals surface area contributed by atoms with Gasteiger partial charge in [-0.2, -0.15) is 13.2 Å². The Labute approximate surface area is 164 Å². The van der Waals surface area contributed by atoms with E-state index in [9.17, 15) is 32.3 Å². The van der Waals surface area contributed by atoms with Crippen LogP contribution < -0.4 is 10.5 Å². The molecule has 1 aromatic carbocycles. The number of carboxylic acid groups (broad SMARTS) is 2. The number of thioether (sulfide) groups is 1. The first-order valence-corrected chi connectivity index (χ1v) is 8.82. The predicted molar refractivity (Wildman–Crippen MR) is 91.3 cm³/mol. The number of amides is 1. The number of aliphatic carboxylic acids is 2. The maximum atomic E-state index is 12.8. The van der Waals surface area contributed by atoms with Gasteiger partial charge in [0, 0.05) is 11.3 Å². The summed E-state index contributed by atoms with van der Waals surface area (Å²) in [6.45, 7) is 0.0198. The molecule has 0 spiro atoms. The minimum Gasteiger partial charge on any atom is -0.489 e. The quantitative estimate of drug-likeness (QED) is 0.475. The lowest BCUT2D eigenvalue weighted by Gasteiger charge is -2.47. The summed E-state index contributed by atoms with van der Waals surface area (Å²) in [6.07, 6.45) is -5.08. The number of nitrogens with zero attached hydrogens (tertiary/aromatic N) is 1. The van der Waals surface area contributed by atoms with Crippen LogP contribution in [0.2, 0.25) is 0 Å². The van der Waals surface area contributed by atoms with Crippen molar-refractivity contribution in [3.63, 3.8) is 0 Å². The van der Waals surface area contributed by atoms with E-state index in [0.29, 0.717) is 17.1 Å². The highest BCUT2D eigenvalue weighted by Gasteiger charge is 2.51. The Morgan fingerprint density at radius 3 is 2.28 bits per heavy atom. The monoisotopic (exact) mass is 438 g/mol. The molecular weight excluding hydrogens is 424 g/mol. The first-order valence-electron chi connectivity index (χ1n) is 7.77. The second-order valence-corrected chi connectivity index (χ2v) is 6.84. The third-order valence-corrected chi connectivity index (χ3v) is 5.12. The van der Waals surface area contributed by atoms with Crippen molar-refractivity contribution in [2.45, 2.75) is 17.6 Å². The number of β-lactam (4-membered cyclic amide) rings is 1. The van der Waals surface area contributed by atoms with Crippen LogP contribution in [0.25, 0.3) is 0 Å². The Balaban J connectivity index is 0.000000370. The van der Waals surface area contributed by atoms with Gasteiger partial charge in [0.15, 0.2) is 0 Å². The van der Waals surface area contributed by atoms with Gasteiger partial charge in [0.25, 0.3) is 0 Å². The lowest BCUT2D eigenvalue weighted by molar-refractivity contribution is -0.192. The van der Waals surface area contributed by atoms with E-state index in [1.54, 1.807) is 0 Å². The molecule has 0 aromatic heterocycles. The number of hydrogen-bond acceptors (Lipinski definition) is 6. The van der Waals surface area contributed by atoms with E-state index in [2.05, 4.69) is 0 Å². The lowest BCUT2D eigenvalue weighted by atomic mass is 10.0. The highest BCUT2D eigenvalue weighted by Crippen LogP contribution is 2.39. The molecule has 1 saturated heterocycles. The van der Waals surface area contributed by atoms with Gasteiger partial charge in [-0.15, -0.1) is 11.8 Å². The molecular formula is C16H14F4N2O6S. The van der Waals surface area contributed by atoms with Gasteiger partial charge in [-0.25, -0.2) is 14.0 Å². The molecule has 2 heterocycles. The van der Waals surface area contributed by atoms with Crippen molar-refractivity contribution in [3.8, 4) is 5.75 Å². The number of carboxylic acids is 2. The number of halogens is 4. The van der Waals surface area contributed by atoms with Gasteiger partial charge in [-0.05, 0) is 24.3 Å². The molecule has 0 radical (unpaired) electrons. The van der Waals surface area contributed by atoms with Crippen molar-refractivity contribution in [1.82, 2.24) is 4.90 Å². The molecule has 1 unspecified atom stereocenters. The smallest absolute Gasteiger partial charge is 0.489 e. The molecule has 1 fully saturated rings. The zero-order valence-electron chi connectivity index (χ0n) is 14.4. The summed E-state index contributed by atoms with van der Waals surface area (Å²) in [5, 5.41) is 16.2. The number of ether oxygens (including phenoxy) is 1. The van der Waals surface area contributed by atoms with Crippen LogP contribution >= 0.6 is 11.8 Å². The molecule has 2 aliphatic rings. The summed E-state index contributed by atoms with van der Waals surface area (Å²) < 4.78 is 50.0. The molecule has 29 heavy (non-hydrogen) atoms. The number of alkyl halides is 3. The predicted octanol–water partition coefficient (Wildman–Crippen LogP) is 1.42. The van der Waals surface area contributed by atoms with Crippen molar-refractivity contribution in [2.75, 3.05) is 12.4 Å². The third kappa shape index (κ3) is 5.17. The van der Waals surface area contributed by atoms with E-state index in [0.717, 1.165) is 0 Å². The maximum absolute atomic E-state index is 12.8. The van der Waals surface area contributed by atoms with E-state index in [4.69, 9.17) is 20.4 Å². The fraction of sp³-hybridized carbons (Fsp3) is 0.312. The molecule has 3 rings (SSSR count). The molecule has 13 heteroatoms. The normalized spacial score (nSPS) is 20.9. The summed E-state index contributed by atoms with van der Waals surface area (Å²) in [7, 11) is 0. The van der Waals surface area contributed by atoms with Crippen molar-refractivity contribution >= 4 is 29.6 Å². The largest absolute Gasteiger partial charge is 0.490 e. The maximum Gasteiger partial charge on any atom is 0.490 e. The van der Waals surface area contributed by atoms with Crippen molar-refractivity contribution in [2.24, 2.45) is 5.73 Å². The summed E-state index contributed by atoms with van der Waals surface area (Å²) in [5.41, 5.74) is 6.11. The van der Waals surface area contributed by atoms with Gasteiger partial charge in [-0.3, -0.25) is 9.69 Å². The minimum absolute atomic E-state index is 0.0198. The van der Waals surface area contributed by atoms with Crippen molar-refractivity contribution in [1.29, 1.82) is 0 Å². The summed E-state index contributed by atoms with van der Waals surface area (Å²) >= 11 is 1.41. The summed E-state index contributed by atoms with van der Waals surface area (Å²) in [6, 6.07) is 4.77. The molecule has 0 bridgehead atoms. The second kappa shape index (κ2) is 8.69. The highest BCUT2D eigenvalue weighted by molar-refractivity contribution is 8.00. The Hall–Kier alpha value is -2.80. The SMILES string of the molecule is NC1C(=O)N2C(C(=O)O)=C(COc3ccc(F)cc3)CS[C@H]12.O=C(O)C(F)(F)F. The Morgan fingerprint density at radius 2 is 1.79 bits per heavy atom. The highest BCUT2D eigenvalue weighted by atomic mass is 32.2.